The molecule has 3 heterocycles. The van der Waals surface area contributed by atoms with Crippen LogP contribution in [0, 0.1) is 29.6 Å². The van der Waals surface area contributed by atoms with Crippen LogP contribution in [0.5, 0.6) is 0 Å². The Balaban J connectivity index is 1.39. The van der Waals surface area contributed by atoms with E-state index < -0.39 is 150 Å². The number of likely N-dealkylation sites (N-methyl/N-ethyl adjacent to an activating group) is 6. The van der Waals surface area contributed by atoms with Crippen molar-refractivity contribution in [2.24, 2.45) is 29.6 Å². The Labute approximate surface area is 578 Å². The molecule has 6 aliphatic rings. The lowest BCUT2D eigenvalue weighted by Crippen LogP contribution is -2.65. The highest BCUT2D eigenvalue weighted by molar-refractivity contribution is 14.1. The lowest BCUT2D eigenvalue weighted by atomic mass is 9.82. The summed E-state index contributed by atoms with van der Waals surface area (Å²) in [7, 11) is 10.5. The Bertz CT molecular complexity index is 2700. The maximum atomic E-state index is 15.1. The summed E-state index contributed by atoms with van der Waals surface area (Å²) in [6.45, 7) is 12.5. The van der Waals surface area contributed by atoms with Gasteiger partial charge in [-0.1, -0.05) is 102 Å². The number of carbonyl (C=O) groups excluding carboxylic acids is 12. The minimum atomic E-state index is -1.36. The number of hydrogen-bond acceptors (Lipinski definition) is 13. The van der Waals surface area contributed by atoms with Crippen LogP contribution >= 0.6 is 22.6 Å². The molecule has 3 aliphatic heterocycles. The monoisotopic (exact) mass is 1450 g/mol. The summed E-state index contributed by atoms with van der Waals surface area (Å²) in [5.41, 5.74) is 0. The molecule has 0 spiro atoms. The molecular weight excluding hydrogens is 1330 g/mol. The van der Waals surface area contributed by atoms with Crippen molar-refractivity contribution in [1.82, 2.24) is 60.5 Å². The quantitative estimate of drug-likeness (QED) is 0.157. The molecule has 0 aromatic heterocycles. The fourth-order valence-corrected chi connectivity index (χ4v) is 16.0. The third-order valence-electron chi connectivity index (χ3n) is 21.8. The molecule has 2 unspecified atom stereocenters. The van der Waals surface area contributed by atoms with Crippen LogP contribution in [0.2, 0.25) is 0 Å². The summed E-state index contributed by atoms with van der Waals surface area (Å²) in [5.74, 6) is -7.52. The molecular formula is C69H115IN12O13. The summed E-state index contributed by atoms with van der Waals surface area (Å²) in [6.07, 6.45) is 13.7. The second-order valence-corrected chi connectivity index (χ2v) is 30.9. The van der Waals surface area contributed by atoms with E-state index in [0.29, 0.717) is 36.3 Å². The number of nitrogens with one attached hydrogen (secondary N) is 4. The van der Waals surface area contributed by atoms with Crippen LogP contribution in [-0.2, 0) is 62.3 Å². The average molecular weight is 1450 g/mol. The molecule has 25 nitrogen and oxygen atoms in total. The summed E-state index contributed by atoms with van der Waals surface area (Å²) in [5, 5.41) is 11.7. The molecule has 0 bridgehead atoms. The van der Waals surface area contributed by atoms with Crippen LogP contribution in [0.1, 0.15) is 190 Å². The van der Waals surface area contributed by atoms with Gasteiger partial charge < -0.3 is 65.2 Å². The van der Waals surface area contributed by atoms with E-state index in [9.17, 15) is 47.9 Å². The molecule has 0 aromatic carbocycles. The van der Waals surface area contributed by atoms with E-state index in [1.807, 2.05) is 20.8 Å². The topological polar surface area (TPSA) is 288 Å². The lowest BCUT2D eigenvalue weighted by molar-refractivity contribution is -0.160. The van der Waals surface area contributed by atoms with Crippen molar-refractivity contribution < 1.29 is 62.3 Å². The molecule has 26 heteroatoms. The maximum absolute atomic E-state index is 15.1. The van der Waals surface area contributed by atoms with Crippen molar-refractivity contribution in [3.8, 4) is 0 Å². The Kier molecular flexibility index (Phi) is 29.9. The normalized spacial score (nSPS) is 32.2. The van der Waals surface area contributed by atoms with Gasteiger partial charge in [-0.25, -0.2) is 0 Å². The predicted octanol–water partition coefficient (Wildman–Crippen LogP) is 4.25. The molecule has 12 amide bonds. The van der Waals surface area contributed by atoms with Gasteiger partial charge in [0.1, 0.15) is 60.4 Å². The van der Waals surface area contributed by atoms with Crippen LogP contribution in [0.4, 0.5) is 0 Å². The molecule has 6 fully saturated rings. The Morgan fingerprint density at radius 2 is 1.16 bits per heavy atom. The molecule has 95 heavy (non-hydrogen) atoms. The highest BCUT2D eigenvalue weighted by Gasteiger charge is 2.47. The van der Waals surface area contributed by atoms with Gasteiger partial charge in [-0.2, -0.15) is 0 Å². The molecule has 0 aromatic rings. The van der Waals surface area contributed by atoms with Crippen LogP contribution in [0.25, 0.3) is 0 Å². The summed E-state index contributed by atoms with van der Waals surface area (Å²) >= 11 is 2.41. The number of alkyl halides is 1. The van der Waals surface area contributed by atoms with E-state index in [2.05, 4.69) is 43.9 Å². The molecule has 4 N–H and O–H groups in total. The number of nitrogens with zero attached hydrogens (tertiary/aromatic N) is 8. The highest BCUT2D eigenvalue weighted by atomic mass is 127. The number of rotatable bonds is 12. The van der Waals surface area contributed by atoms with Gasteiger partial charge in [0.15, 0.2) is 0 Å². The molecule has 3 saturated heterocycles. The minimum Gasteiger partial charge on any atom is -0.381 e. The van der Waals surface area contributed by atoms with Crippen molar-refractivity contribution in [2.75, 3.05) is 75.6 Å². The van der Waals surface area contributed by atoms with Gasteiger partial charge in [-0.3, -0.25) is 57.5 Å². The number of likely N-dealkylation sites (tertiary alicyclic amines) is 1. The first-order valence-electron chi connectivity index (χ1n) is 35.4. The zero-order chi connectivity index (χ0) is 70.3. The third kappa shape index (κ3) is 20.7. The van der Waals surface area contributed by atoms with E-state index in [0.717, 1.165) is 83.5 Å². The SMILES string of the molecule is CC[C@H](C)[C@@H]1NC(=O)[C@H](C)N(C)C(=O)C[C@@H](C(=O)N2CCCC2)N(C)C(=O)[C@H](CC(C)C)NC(=O)[C@H](CC2CCCCC2)N(C)C(=O)[C@H](C)NC(=O)[C@H](CC2CCCC(I)C2)NC(=O)CN(C)C(=O)[C@H](CC2CCC(OC)CC2)N(C)C(=O)[C@@H]2CCN2C(=O)[C@H](C)N(C)C1=O. The number of methoxy groups -OCH3 is 1. The molecule has 3 saturated carbocycles. The van der Waals surface area contributed by atoms with E-state index in [1.54, 1.807) is 25.9 Å². The second kappa shape index (κ2) is 36.2. The molecule has 0 radical (unpaired) electrons. The van der Waals surface area contributed by atoms with Crippen molar-refractivity contribution in [2.45, 2.75) is 260 Å². The van der Waals surface area contributed by atoms with Crippen molar-refractivity contribution in [3.63, 3.8) is 0 Å². The largest absolute Gasteiger partial charge is 0.381 e. The number of carbonyl (C=O) groups is 12. The van der Waals surface area contributed by atoms with Crippen LogP contribution in [0.15, 0.2) is 0 Å². The van der Waals surface area contributed by atoms with Crippen LogP contribution in [-0.4, -0.2) is 256 Å². The van der Waals surface area contributed by atoms with E-state index in [4.69, 9.17) is 4.74 Å². The van der Waals surface area contributed by atoms with Crippen molar-refractivity contribution in [3.05, 3.63) is 0 Å². The molecule has 13 atom stereocenters. The standard InChI is InChI=1S/C69H115IN12O13/c1-15-42(4)59-69(94)77(10)45(7)64(89)82-33-30-53(82)67(92)80(13)55(38-47-26-28-50(95-14)29-27-47)66(91)75(8)40-57(83)72-51(36-48-24-21-25-49(70)35-48)61(86)71-43(5)63(88)78(11)54(37-46-22-17-16-18-23-46)62(87)73-52(34-41(2)3)65(90)79(12)56(68(93)81-31-19-20-32-81)39-58(84)76(9)44(6)60(85)74-59/h41-56,59H,15-40H2,1-14H3,(H,71,86)(H,72,83)(H,73,87)(H,74,85)/t42-,43-,44-,45-,47?,48?,49?,50?,51-,52-,53-,54-,55-,56-,59-/m0/s1. The smallest absolute Gasteiger partial charge is 0.245 e. The van der Waals surface area contributed by atoms with Gasteiger partial charge in [0.05, 0.1) is 19.1 Å². The summed E-state index contributed by atoms with van der Waals surface area (Å²) < 4.78 is 6.01. The predicted molar refractivity (Wildman–Crippen MR) is 368 cm³/mol. The summed E-state index contributed by atoms with van der Waals surface area (Å²) in [6, 6.07) is -11.5. The number of amides is 12. The van der Waals surface area contributed by atoms with E-state index in [-0.39, 0.29) is 68.4 Å². The number of halogens is 1. The zero-order valence-corrected chi connectivity index (χ0v) is 61.6. The zero-order valence-electron chi connectivity index (χ0n) is 59.5. The van der Waals surface area contributed by atoms with Crippen LogP contribution < -0.4 is 21.3 Å². The fraction of sp³-hybridized carbons (Fsp3) is 0.826. The number of fused-ring (bicyclic) bond motifs is 1. The van der Waals surface area contributed by atoms with Gasteiger partial charge in [-0.05, 0) is 134 Å². The Morgan fingerprint density at radius 3 is 1.75 bits per heavy atom. The third-order valence-corrected chi connectivity index (χ3v) is 23.0. The highest BCUT2D eigenvalue weighted by Crippen LogP contribution is 2.35. The minimum absolute atomic E-state index is 0.0157. The molecule has 536 valence electrons. The van der Waals surface area contributed by atoms with E-state index >= 15 is 9.59 Å². The Morgan fingerprint density at radius 1 is 0.547 bits per heavy atom. The van der Waals surface area contributed by atoms with Crippen LogP contribution in [0.3, 0.4) is 0 Å². The second-order valence-electron chi connectivity index (χ2n) is 29.1. The fourth-order valence-electron chi connectivity index (χ4n) is 14.8. The first kappa shape index (κ1) is 78.3. The van der Waals surface area contributed by atoms with Crippen molar-refractivity contribution >= 4 is 93.5 Å². The van der Waals surface area contributed by atoms with Gasteiger partial charge in [-0.15, -0.1) is 0 Å². The summed E-state index contributed by atoms with van der Waals surface area (Å²) in [4.78, 5) is 188. The van der Waals surface area contributed by atoms with E-state index in [1.165, 1.54) is 90.4 Å². The first-order valence-corrected chi connectivity index (χ1v) is 36.7. The van der Waals surface area contributed by atoms with Gasteiger partial charge in [0.2, 0.25) is 70.9 Å². The number of hydrogen-bond donors (Lipinski definition) is 4. The lowest BCUT2D eigenvalue weighted by Gasteiger charge is -2.45. The molecule has 6 rings (SSSR count). The Hall–Kier alpha value is -5.67. The first-order chi connectivity index (χ1) is 44.9. The van der Waals surface area contributed by atoms with Gasteiger partial charge >= 0.3 is 0 Å². The van der Waals surface area contributed by atoms with Gasteiger partial charge in [0, 0.05) is 73.0 Å². The van der Waals surface area contributed by atoms with Gasteiger partial charge in [0.25, 0.3) is 0 Å². The molecule has 3 aliphatic carbocycles. The maximum Gasteiger partial charge on any atom is 0.245 e. The number of ether oxygens (including phenoxy) is 1. The van der Waals surface area contributed by atoms with Crippen molar-refractivity contribution in [1.29, 1.82) is 0 Å². The average Bonchev–Trinajstić information content (AvgIpc) is 1.07.